The molecule has 16 heavy (non-hydrogen) atoms. The number of rotatable bonds is 4. The lowest BCUT2D eigenvalue weighted by Crippen LogP contribution is -2.22. The lowest BCUT2D eigenvalue weighted by atomic mass is 10.3. The molecule has 84 valence electrons. The number of nitrogens with one attached hydrogen (secondary N) is 1. The number of nitrogens with zero attached hydrogens (tertiary/aromatic N) is 1. The van der Waals surface area contributed by atoms with Gasteiger partial charge in [-0.15, -0.1) is 0 Å². The van der Waals surface area contributed by atoms with E-state index in [0.717, 1.165) is 16.9 Å². The number of oxazole rings is 1. The van der Waals surface area contributed by atoms with E-state index in [4.69, 9.17) is 4.42 Å². The van der Waals surface area contributed by atoms with Crippen LogP contribution in [0, 0.1) is 0 Å². The van der Waals surface area contributed by atoms with Gasteiger partial charge in [-0.3, -0.25) is 4.79 Å². The van der Waals surface area contributed by atoms with Crippen molar-refractivity contribution in [2.75, 3.05) is 12.3 Å². The smallest absolute Gasteiger partial charge is 0.256 e. The van der Waals surface area contributed by atoms with E-state index in [2.05, 4.69) is 10.3 Å². The lowest BCUT2D eigenvalue weighted by Gasteiger charge is -1.98. The summed E-state index contributed by atoms with van der Waals surface area (Å²) in [5.41, 5.74) is 1.66. The van der Waals surface area contributed by atoms with Crippen LogP contribution in [0.4, 0.5) is 0 Å². The Hall–Kier alpha value is -1.49. The number of carbonyl (C=O) groups is 1. The summed E-state index contributed by atoms with van der Waals surface area (Å²) in [5, 5.41) is 3.37. The molecule has 0 atom stereocenters. The average Bonchev–Trinajstić information content (AvgIpc) is 2.66. The maximum absolute atomic E-state index is 10.6. The number of carbonyl (C=O) groups excluding carboxylic acids is 1. The molecule has 0 saturated heterocycles. The third-order valence-corrected chi connectivity index (χ3v) is 2.81. The molecule has 5 heteroatoms. The normalized spacial score (nSPS) is 10.6. The number of aromatic nitrogens is 1. The summed E-state index contributed by atoms with van der Waals surface area (Å²) < 4.78 is 5.51. The highest BCUT2D eigenvalue weighted by atomic mass is 32.2. The Morgan fingerprint density at radius 2 is 2.31 bits per heavy atom. The Morgan fingerprint density at radius 1 is 1.50 bits per heavy atom. The van der Waals surface area contributed by atoms with Gasteiger partial charge in [0.1, 0.15) is 5.52 Å². The van der Waals surface area contributed by atoms with E-state index < -0.39 is 0 Å². The van der Waals surface area contributed by atoms with Crippen molar-refractivity contribution in [1.82, 2.24) is 10.3 Å². The van der Waals surface area contributed by atoms with Crippen molar-refractivity contribution in [3.8, 4) is 0 Å². The lowest BCUT2D eigenvalue weighted by molar-refractivity contribution is -0.118. The van der Waals surface area contributed by atoms with Gasteiger partial charge in [-0.1, -0.05) is 23.9 Å². The van der Waals surface area contributed by atoms with Crippen molar-refractivity contribution in [2.45, 2.75) is 12.1 Å². The van der Waals surface area contributed by atoms with E-state index in [-0.39, 0.29) is 5.91 Å². The Bertz CT molecular complexity index is 462. The number of hydrogen-bond acceptors (Lipinski definition) is 4. The van der Waals surface area contributed by atoms with E-state index in [1.165, 1.54) is 18.7 Å². The molecule has 1 N–H and O–H groups in total. The predicted molar refractivity (Wildman–Crippen MR) is 63.4 cm³/mol. The van der Waals surface area contributed by atoms with E-state index >= 15 is 0 Å². The van der Waals surface area contributed by atoms with E-state index in [1.54, 1.807) is 0 Å². The van der Waals surface area contributed by atoms with Gasteiger partial charge in [-0.05, 0) is 12.1 Å². The van der Waals surface area contributed by atoms with Gasteiger partial charge in [0.2, 0.25) is 5.91 Å². The molecule has 0 spiro atoms. The van der Waals surface area contributed by atoms with E-state index in [0.29, 0.717) is 11.8 Å². The van der Waals surface area contributed by atoms with Crippen LogP contribution in [0.2, 0.25) is 0 Å². The molecular formula is C11H12N2O2S. The van der Waals surface area contributed by atoms with Crippen molar-refractivity contribution in [2.24, 2.45) is 0 Å². The molecule has 0 fully saturated rings. The molecule has 0 bridgehead atoms. The van der Waals surface area contributed by atoms with Gasteiger partial charge in [0.25, 0.3) is 5.22 Å². The summed E-state index contributed by atoms with van der Waals surface area (Å²) in [4.78, 5) is 14.9. The van der Waals surface area contributed by atoms with Crippen LogP contribution in [0.25, 0.3) is 11.1 Å². The number of fused-ring (bicyclic) bond motifs is 1. The van der Waals surface area contributed by atoms with E-state index in [1.807, 2.05) is 24.3 Å². The summed E-state index contributed by atoms with van der Waals surface area (Å²) in [6, 6.07) is 7.65. The highest BCUT2D eigenvalue weighted by Gasteiger charge is 2.04. The monoisotopic (exact) mass is 236 g/mol. The summed E-state index contributed by atoms with van der Waals surface area (Å²) in [5.74, 6) is 0.741. The number of thioether (sulfide) groups is 1. The number of hydrogen-bond donors (Lipinski definition) is 1. The van der Waals surface area contributed by atoms with Crippen LogP contribution in [0.15, 0.2) is 33.9 Å². The van der Waals surface area contributed by atoms with Gasteiger partial charge in [-0.25, -0.2) is 4.98 Å². The van der Waals surface area contributed by atoms with Gasteiger partial charge in [0, 0.05) is 19.2 Å². The minimum atomic E-state index is -0.0156. The largest absolute Gasteiger partial charge is 0.431 e. The molecule has 2 rings (SSSR count). The fourth-order valence-corrected chi connectivity index (χ4v) is 1.97. The van der Waals surface area contributed by atoms with Crippen LogP contribution in [-0.2, 0) is 4.79 Å². The van der Waals surface area contributed by atoms with Gasteiger partial charge in [-0.2, -0.15) is 0 Å². The van der Waals surface area contributed by atoms with Crippen molar-refractivity contribution in [3.05, 3.63) is 24.3 Å². The second kappa shape index (κ2) is 5.03. The number of benzene rings is 1. The summed E-state index contributed by atoms with van der Waals surface area (Å²) >= 11 is 1.50. The summed E-state index contributed by atoms with van der Waals surface area (Å²) in [6.07, 6.45) is 0. The minimum absolute atomic E-state index is 0.0156. The number of amides is 1. The zero-order valence-corrected chi connectivity index (χ0v) is 9.71. The first kappa shape index (κ1) is 11.0. The van der Waals surface area contributed by atoms with Crippen LogP contribution in [-0.4, -0.2) is 23.2 Å². The highest BCUT2D eigenvalue weighted by molar-refractivity contribution is 7.99. The second-order valence-corrected chi connectivity index (χ2v) is 4.33. The highest BCUT2D eigenvalue weighted by Crippen LogP contribution is 2.22. The molecular weight excluding hydrogens is 224 g/mol. The van der Waals surface area contributed by atoms with Crippen LogP contribution in [0.3, 0.4) is 0 Å². The average molecular weight is 236 g/mol. The van der Waals surface area contributed by atoms with Crippen molar-refractivity contribution in [1.29, 1.82) is 0 Å². The third kappa shape index (κ3) is 2.76. The topological polar surface area (TPSA) is 55.1 Å². The van der Waals surface area contributed by atoms with Gasteiger partial charge < -0.3 is 9.73 Å². The van der Waals surface area contributed by atoms with Gasteiger partial charge >= 0.3 is 0 Å². The van der Waals surface area contributed by atoms with E-state index in [9.17, 15) is 4.79 Å². The number of para-hydroxylation sites is 2. The summed E-state index contributed by atoms with van der Waals surface area (Å²) in [6.45, 7) is 2.13. The van der Waals surface area contributed by atoms with Crippen molar-refractivity contribution >= 4 is 28.8 Å². The predicted octanol–water partition coefficient (Wildman–Crippen LogP) is 2.06. The quantitative estimate of drug-likeness (QED) is 0.652. The zero-order valence-electron chi connectivity index (χ0n) is 8.90. The third-order valence-electron chi connectivity index (χ3n) is 1.98. The van der Waals surface area contributed by atoms with Crippen LogP contribution >= 0.6 is 11.8 Å². The molecule has 1 heterocycles. The first-order valence-corrected chi connectivity index (χ1v) is 5.97. The minimum Gasteiger partial charge on any atom is -0.431 e. The summed E-state index contributed by atoms with van der Waals surface area (Å²) in [7, 11) is 0. The molecule has 0 unspecified atom stereocenters. The van der Waals surface area contributed by atoms with Crippen LogP contribution in [0.5, 0.6) is 0 Å². The van der Waals surface area contributed by atoms with Crippen molar-refractivity contribution < 1.29 is 9.21 Å². The second-order valence-electron chi connectivity index (χ2n) is 3.28. The first-order valence-electron chi connectivity index (χ1n) is 4.98. The Morgan fingerprint density at radius 3 is 3.06 bits per heavy atom. The zero-order chi connectivity index (χ0) is 11.4. The molecule has 0 saturated carbocycles. The molecule has 2 aromatic rings. The van der Waals surface area contributed by atoms with Crippen LogP contribution in [0.1, 0.15) is 6.92 Å². The molecule has 0 aliphatic rings. The molecule has 1 aromatic heterocycles. The van der Waals surface area contributed by atoms with Gasteiger partial charge in [0.05, 0.1) is 0 Å². The Balaban J connectivity index is 1.92. The maximum atomic E-state index is 10.6. The maximum Gasteiger partial charge on any atom is 0.256 e. The Labute approximate surface area is 97.4 Å². The van der Waals surface area contributed by atoms with Gasteiger partial charge in [0.15, 0.2) is 5.58 Å². The van der Waals surface area contributed by atoms with Crippen molar-refractivity contribution in [3.63, 3.8) is 0 Å². The SMILES string of the molecule is CC(=O)NCCSc1nc2ccccc2o1. The Kier molecular flexibility index (Phi) is 3.46. The first-order chi connectivity index (χ1) is 7.75. The molecule has 1 aromatic carbocycles. The fourth-order valence-electron chi connectivity index (χ4n) is 1.28. The standard InChI is InChI=1S/C11H12N2O2S/c1-8(14)12-6-7-16-11-13-9-4-2-3-5-10(9)15-11/h2-5H,6-7H2,1H3,(H,12,14). The molecule has 0 radical (unpaired) electrons. The molecule has 1 amide bonds. The fraction of sp³-hybridized carbons (Fsp3) is 0.273. The molecule has 0 aliphatic heterocycles. The van der Waals surface area contributed by atoms with Crippen LogP contribution < -0.4 is 5.32 Å². The molecule has 0 aliphatic carbocycles. The molecule has 4 nitrogen and oxygen atoms in total.